The zero-order valence-corrected chi connectivity index (χ0v) is 12.1. The van der Waals surface area contributed by atoms with E-state index in [0.29, 0.717) is 16.7 Å². The van der Waals surface area contributed by atoms with Crippen LogP contribution < -0.4 is 10.9 Å². The monoisotopic (exact) mass is 303 g/mol. The highest BCUT2D eigenvalue weighted by Gasteiger charge is 2.22. The van der Waals surface area contributed by atoms with Crippen molar-refractivity contribution in [1.29, 1.82) is 0 Å². The average Bonchev–Trinajstić information content (AvgIpc) is 2.23. The van der Waals surface area contributed by atoms with Crippen LogP contribution in [0.3, 0.4) is 0 Å². The van der Waals surface area contributed by atoms with Crippen LogP contribution in [0.15, 0.2) is 15.5 Å². The minimum Gasteiger partial charge on any atom is -0.391 e. The quantitative estimate of drug-likeness (QED) is 0.885. The molecule has 1 rings (SSSR count). The van der Waals surface area contributed by atoms with E-state index in [0.717, 1.165) is 0 Å². The molecule has 0 saturated carbocycles. The summed E-state index contributed by atoms with van der Waals surface area (Å²) >= 11 is 3.21. The summed E-state index contributed by atoms with van der Waals surface area (Å²) in [4.78, 5) is 11.6. The second-order valence-electron chi connectivity index (χ2n) is 5.06. The normalized spacial score (nSPS) is 13.5. The molecule has 96 valence electrons. The summed E-state index contributed by atoms with van der Waals surface area (Å²) in [5.74, 6) is 0. The van der Waals surface area contributed by atoms with Gasteiger partial charge < -0.3 is 10.4 Å². The minimum atomic E-state index is -0.501. The molecule has 0 aliphatic carbocycles. The Hall–Kier alpha value is -0.880. The molecule has 0 aromatic carbocycles. The predicted octanol–water partition coefficient (Wildman–Crippen LogP) is 1.36. The Morgan fingerprint density at radius 1 is 1.59 bits per heavy atom. The van der Waals surface area contributed by atoms with Crippen LogP contribution >= 0.6 is 15.9 Å². The third-order valence-electron chi connectivity index (χ3n) is 2.56. The van der Waals surface area contributed by atoms with Crippen molar-refractivity contribution in [2.75, 3.05) is 11.9 Å². The first-order chi connectivity index (χ1) is 7.73. The summed E-state index contributed by atoms with van der Waals surface area (Å²) in [6.45, 7) is 6.24. The molecular formula is C11H18BrN3O2. The number of hydrogen-bond donors (Lipinski definition) is 2. The standard InChI is InChI=1S/C11H18BrN3O2/c1-11(2,3)8(16)6-13-7-5-14-15(4)10(17)9(7)12/h5,8,13,16H,6H2,1-4H3. The van der Waals surface area contributed by atoms with Crippen LogP contribution in [0.5, 0.6) is 0 Å². The molecule has 0 spiro atoms. The molecule has 1 heterocycles. The third-order valence-corrected chi connectivity index (χ3v) is 3.33. The number of anilines is 1. The number of aliphatic hydroxyl groups excluding tert-OH is 1. The zero-order chi connectivity index (χ0) is 13.2. The fraction of sp³-hybridized carbons (Fsp3) is 0.636. The molecule has 6 heteroatoms. The van der Waals surface area contributed by atoms with Crippen molar-refractivity contribution >= 4 is 21.6 Å². The lowest BCUT2D eigenvalue weighted by atomic mass is 9.89. The molecule has 5 nitrogen and oxygen atoms in total. The molecule has 1 aromatic heterocycles. The summed E-state index contributed by atoms with van der Waals surface area (Å²) in [5.41, 5.74) is 0.184. The first-order valence-corrected chi connectivity index (χ1v) is 6.16. The SMILES string of the molecule is Cn1ncc(NCC(O)C(C)(C)C)c(Br)c1=O. The Labute approximate surface area is 109 Å². The van der Waals surface area contributed by atoms with Crippen LogP contribution in [-0.2, 0) is 7.05 Å². The average molecular weight is 304 g/mol. The van der Waals surface area contributed by atoms with Crippen molar-refractivity contribution in [3.8, 4) is 0 Å². The molecule has 1 aromatic rings. The van der Waals surface area contributed by atoms with Crippen molar-refractivity contribution in [2.24, 2.45) is 12.5 Å². The van der Waals surface area contributed by atoms with Gasteiger partial charge in [-0.05, 0) is 21.3 Å². The highest BCUT2D eigenvalue weighted by atomic mass is 79.9. The van der Waals surface area contributed by atoms with E-state index in [9.17, 15) is 9.90 Å². The Balaban J connectivity index is 2.78. The molecule has 0 fully saturated rings. The van der Waals surface area contributed by atoms with Crippen LogP contribution in [0, 0.1) is 5.41 Å². The lowest BCUT2D eigenvalue weighted by molar-refractivity contribution is 0.0745. The zero-order valence-electron chi connectivity index (χ0n) is 10.5. The smallest absolute Gasteiger partial charge is 0.282 e. The number of rotatable bonds is 3. The molecule has 0 saturated heterocycles. The van der Waals surface area contributed by atoms with Crippen LogP contribution in [0.2, 0.25) is 0 Å². The van der Waals surface area contributed by atoms with Gasteiger partial charge in [-0.2, -0.15) is 5.10 Å². The van der Waals surface area contributed by atoms with Gasteiger partial charge in [-0.3, -0.25) is 4.79 Å². The van der Waals surface area contributed by atoms with E-state index >= 15 is 0 Å². The molecule has 17 heavy (non-hydrogen) atoms. The second-order valence-corrected chi connectivity index (χ2v) is 5.86. The van der Waals surface area contributed by atoms with Crippen molar-refractivity contribution in [3.05, 3.63) is 21.0 Å². The Kier molecular flexibility index (Phi) is 4.32. The lowest BCUT2D eigenvalue weighted by Crippen LogP contribution is -2.33. The van der Waals surface area contributed by atoms with Crippen LogP contribution in [0.4, 0.5) is 5.69 Å². The maximum atomic E-state index is 11.6. The van der Waals surface area contributed by atoms with E-state index in [2.05, 4.69) is 26.3 Å². The number of halogens is 1. The molecular weight excluding hydrogens is 286 g/mol. The van der Waals surface area contributed by atoms with E-state index < -0.39 is 6.10 Å². The van der Waals surface area contributed by atoms with Crippen LogP contribution in [0.25, 0.3) is 0 Å². The molecule has 1 unspecified atom stereocenters. The molecule has 0 aliphatic heterocycles. The number of nitrogens with one attached hydrogen (secondary N) is 1. The second kappa shape index (κ2) is 5.18. The first-order valence-electron chi connectivity index (χ1n) is 5.37. The molecule has 0 amide bonds. The summed E-state index contributed by atoms with van der Waals surface area (Å²) < 4.78 is 1.67. The molecule has 1 atom stereocenters. The molecule has 0 radical (unpaired) electrons. The lowest BCUT2D eigenvalue weighted by Gasteiger charge is -2.26. The van der Waals surface area contributed by atoms with E-state index in [1.165, 1.54) is 4.68 Å². The van der Waals surface area contributed by atoms with Crippen molar-refractivity contribution in [1.82, 2.24) is 9.78 Å². The third kappa shape index (κ3) is 3.54. The maximum Gasteiger partial charge on any atom is 0.282 e. The maximum absolute atomic E-state index is 11.6. The van der Waals surface area contributed by atoms with Crippen LogP contribution in [-0.4, -0.2) is 27.5 Å². The van der Waals surface area contributed by atoms with Gasteiger partial charge in [0.05, 0.1) is 18.0 Å². The van der Waals surface area contributed by atoms with E-state index in [-0.39, 0.29) is 11.0 Å². The van der Waals surface area contributed by atoms with Crippen molar-refractivity contribution in [3.63, 3.8) is 0 Å². The van der Waals surface area contributed by atoms with E-state index in [1.54, 1.807) is 13.2 Å². The molecule has 2 N–H and O–H groups in total. The number of aromatic nitrogens is 2. The number of aryl methyl sites for hydroxylation is 1. The van der Waals surface area contributed by atoms with Crippen molar-refractivity contribution in [2.45, 2.75) is 26.9 Å². The van der Waals surface area contributed by atoms with Gasteiger partial charge in [0.25, 0.3) is 5.56 Å². The van der Waals surface area contributed by atoms with Gasteiger partial charge in [-0.1, -0.05) is 20.8 Å². The largest absolute Gasteiger partial charge is 0.391 e. The highest BCUT2D eigenvalue weighted by Crippen LogP contribution is 2.21. The number of nitrogens with zero attached hydrogens (tertiary/aromatic N) is 2. The van der Waals surface area contributed by atoms with Gasteiger partial charge in [-0.25, -0.2) is 4.68 Å². The van der Waals surface area contributed by atoms with Gasteiger partial charge >= 0.3 is 0 Å². The van der Waals surface area contributed by atoms with E-state index in [4.69, 9.17) is 0 Å². The molecule has 0 aliphatic rings. The van der Waals surface area contributed by atoms with Gasteiger partial charge in [0.15, 0.2) is 0 Å². The Morgan fingerprint density at radius 3 is 2.71 bits per heavy atom. The first kappa shape index (κ1) is 14.2. The number of hydrogen-bond acceptors (Lipinski definition) is 4. The van der Waals surface area contributed by atoms with Gasteiger partial charge in [0.1, 0.15) is 4.47 Å². The van der Waals surface area contributed by atoms with Gasteiger partial charge in [0, 0.05) is 13.6 Å². The highest BCUT2D eigenvalue weighted by molar-refractivity contribution is 9.10. The molecule has 0 bridgehead atoms. The van der Waals surface area contributed by atoms with E-state index in [1.807, 2.05) is 20.8 Å². The van der Waals surface area contributed by atoms with Gasteiger partial charge in [-0.15, -0.1) is 0 Å². The predicted molar refractivity (Wildman–Crippen MR) is 71.1 cm³/mol. The van der Waals surface area contributed by atoms with Gasteiger partial charge in [0.2, 0.25) is 0 Å². The number of aliphatic hydroxyl groups is 1. The summed E-state index contributed by atoms with van der Waals surface area (Å²) in [5, 5.41) is 16.8. The summed E-state index contributed by atoms with van der Waals surface area (Å²) in [6, 6.07) is 0. The van der Waals surface area contributed by atoms with Crippen LogP contribution in [0.1, 0.15) is 20.8 Å². The fourth-order valence-electron chi connectivity index (χ4n) is 1.15. The van der Waals surface area contributed by atoms with Crippen molar-refractivity contribution < 1.29 is 5.11 Å². The Bertz CT molecular complexity index is 451. The topological polar surface area (TPSA) is 67.2 Å². The summed E-state index contributed by atoms with van der Waals surface area (Å²) in [7, 11) is 1.58. The Morgan fingerprint density at radius 2 is 2.18 bits per heavy atom. The summed E-state index contributed by atoms with van der Waals surface area (Å²) in [6.07, 6.45) is 1.05. The fourth-order valence-corrected chi connectivity index (χ4v) is 1.65. The minimum absolute atomic E-state index is 0.202.